The molecule has 1 N–H and O–H groups in total. The molecule has 5 heteroatoms. The van der Waals surface area contributed by atoms with E-state index >= 15 is 0 Å². The second-order valence-electron chi connectivity index (χ2n) is 5.42. The van der Waals surface area contributed by atoms with Crippen molar-refractivity contribution in [3.8, 4) is 0 Å². The van der Waals surface area contributed by atoms with Gasteiger partial charge in [-0.2, -0.15) is 0 Å². The van der Waals surface area contributed by atoms with Crippen LogP contribution >= 0.6 is 0 Å². The number of hydrogen-bond donors (Lipinski definition) is 1. The Labute approximate surface area is 109 Å². The van der Waals surface area contributed by atoms with Crippen molar-refractivity contribution in [1.82, 2.24) is 9.80 Å². The zero-order chi connectivity index (χ0) is 13.9. The first-order chi connectivity index (χ1) is 8.36. The number of aliphatic carboxylic acids is 1. The monoisotopic (exact) mass is 256 g/mol. The lowest BCUT2D eigenvalue weighted by Gasteiger charge is -2.31. The second kappa shape index (κ2) is 6.07. The van der Waals surface area contributed by atoms with Crippen LogP contribution in [0.5, 0.6) is 0 Å². The van der Waals surface area contributed by atoms with E-state index in [1.807, 2.05) is 13.8 Å². The predicted octanol–water partition coefficient (Wildman–Crippen LogP) is 1.88. The Morgan fingerprint density at radius 1 is 1.33 bits per heavy atom. The van der Waals surface area contributed by atoms with Crippen molar-refractivity contribution in [2.24, 2.45) is 11.8 Å². The minimum absolute atomic E-state index is 0.0418. The third-order valence-electron chi connectivity index (χ3n) is 3.93. The van der Waals surface area contributed by atoms with E-state index in [9.17, 15) is 9.59 Å². The number of carboxylic acid groups (broad SMARTS) is 1. The Hall–Kier alpha value is -1.26. The van der Waals surface area contributed by atoms with Gasteiger partial charge in [-0.05, 0) is 25.2 Å². The molecule has 0 aliphatic carbocycles. The first kappa shape index (κ1) is 14.8. The summed E-state index contributed by atoms with van der Waals surface area (Å²) in [5.74, 6) is 0.0130. The van der Waals surface area contributed by atoms with Gasteiger partial charge < -0.3 is 14.9 Å². The molecule has 1 aliphatic heterocycles. The minimum atomic E-state index is -0.955. The van der Waals surface area contributed by atoms with Gasteiger partial charge in [-0.1, -0.05) is 20.8 Å². The normalized spacial score (nSPS) is 25.0. The highest BCUT2D eigenvalue weighted by Gasteiger charge is 2.33. The van der Waals surface area contributed by atoms with E-state index in [1.165, 1.54) is 4.90 Å². The van der Waals surface area contributed by atoms with Crippen LogP contribution in [0.1, 0.15) is 34.1 Å². The number of hydrogen-bond acceptors (Lipinski definition) is 2. The maximum absolute atomic E-state index is 12.4. The molecule has 1 saturated heterocycles. The summed E-state index contributed by atoms with van der Waals surface area (Å²) in [4.78, 5) is 26.5. The van der Waals surface area contributed by atoms with Gasteiger partial charge in [0.1, 0.15) is 6.54 Å². The summed E-state index contributed by atoms with van der Waals surface area (Å²) in [6.45, 7) is 9.35. The fraction of sp³-hybridized carbons (Fsp3) is 0.846. The number of nitrogens with zero attached hydrogens (tertiary/aromatic N) is 2. The van der Waals surface area contributed by atoms with E-state index < -0.39 is 5.97 Å². The van der Waals surface area contributed by atoms with E-state index in [1.54, 1.807) is 4.90 Å². The van der Waals surface area contributed by atoms with Crippen LogP contribution in [0, 0.1) is 11.8 Å². The highest BCUT2D eigenvalue weighted by atomic mass is 16.4. The number of carboxylic acids is 1. The Morgan fingerprint density at radius 2 is 1.83 bits per heavy atom. The van der Waals surface area contributed by atoms with Crippen molar-refractivity contribution in [2.75, 3.05) is 19.6 Å². The lowest BCUT2D eigenvalue weighted by atomic mass is 10.0. The van der Waals surface area contributed by atoms with Gasteiger partial charge in [0.05, 0.1) is 0 Å². The van der Waals surface area contributed by atoms with Crippen LogP contribution < -0.4 is 0 Å². The van der Waals surface area contributed by atoms with Crippen LogP contribution in [0.4, 0.5) is 4.79 Å². The molecule has 0 saturated carbocycles. The largest absolute Gasteiger partial charge is 0.480 e. The number of rotatable bonds is 4. The standard InChI is InChI=1S/C13H24N2O3/c1-5-11(4)15(8-12(16)17)13(18)14-6-9(2)10(3)7-14/h9-11H,5-8H2,1-4H3,(H,16,17). The lowest BCUT2D eigenvalue weighted by molar-refractivity contribution is -0.138. The Kier molecular flexibility index (Phi) is 4.99. The minimum Gasteiger partial charge on any atom is -0.480 e. The molecule has 0 bridgehead atoms. The average molecular weight is 256 g/mol. The average Bonchev–Trinajstić information content (AvgIpc) is 2.64. The number of carbonyl (C=O) groups is 2. The first-order valence-corrected chi connectivity index (χ1v) is 6.64. The van der Waals surface area contributed by atoms with E-state index in [0.29, 0.717) is 11.8 Å². The highest BCUT2D eigenvalue weighted by molar-refractivity contribution is 5.80. The molecule has 0 aromatic heterocycles. The quantitative estimate of drug-likeness (QED) is 0.835. The molecule has 0 aromatic carbocycles. The number of amides is 2. The summed E-state index contributed by atoms with van der Waals surface area (Å²) in [5.41, 5.74) is 0. The number of carbonyl (C=O) groups excluding carboxylic acids is 1. The van der Waals surface area contributed by atoms with Crippen LogP contribution in [0.3, 0.4) is 0 Å². The lowest BCUT2D eigenvalue weighted by Crippen LogP contribution is -2.48. The van der Waals surface area contributed by atoms with Crippen molar-refractivity contribution in [3.05, 3.63) is 0 Å². The SMILES string of the molecule is CCC(C)N(CC(=O)O)C(=O)N1CC(C)C(C)C1. The van der Waals surface area contributed by atoms with Gasteiger partial charge in [-0.25, -0.2) is 4.79 Å². The van der Waals surface area contributed by atoms with E-state index in [4.69, 9.17) is 5.11 Å². The van der Waals surface area contributed by atoms with Crippen LogP contribution in [-0.4, -0.2) is 52.6 Å². The summed E-state index contributed by atoms with van der Waals surface area (Å²) < 4.78 is 0. The van der Waals surface area contributed by atoms with Gasteiger partial charge >= 0.3 is 12.0 Å². The van der Waals surface area contributed by atoms with Gasteiger partial charge in [-0.15, -0.1) is 0 Å². The van der Waals surface area contributed by atoms with Gasteiger partial charge in [0.25, 0.3) is 0 Å². The molecular weight excluding hydrogens is 232 g/mol. The Balaban J connectivity index is 2.73. The highest BCUT2D eigenvalue weighted by Crippen LogP contribution is 2.23. The van der Waals surface area contributed by atoms with Crippen molar-refractivity contribution >= 4 is 12.0 Å². The molecule has 1 aliphatic rings. The molecular formula is C13H24N2O3. The molecule has 3 atom stereocenters. The van der Waals surface area contributed by atoms with E-state index in [2.05, 4.69) is 13.8 Å². The van der Waals surface area contributed by atoms with E-state index in [-0.39, 0.29) is 18.6 Å². The summed E-state index contributed by atoms with van der Waals surface area (Å²) in [6.07, 6.45) is 0.762. The molecule has 1 heterocycles. The smallest absolute Gasteiger partial charge is 0.323 e. The van der Waals surface area contributed by atoms with Gasteiger partial charge in [0.15, 0.2) is 0 Å². The molecule has 0 spiro atoms. The van der Waals surface area contributed by atoms with Gasteiger partial charge in [0, 0.05) is 19.1 Å². The molecule has 3 unspecified atom stereocenters. The third kappa shape index (κ3) is 3.37. The molecule has 0 aromatic rings. The first-order valence-electron chi connectivity index (χ1n) is 6.64. The number of likely N-dealkylation sites (tertiary alicyclic amines) is 1. The van der Waals surface area contributed by atoms with Crippen molar-refractivity contribution in [2.45, 2.75) is 40.2 Å². The van der Waals surface area contributed by atoms with Crippen molar-refractivity contribution in [3.63, 3.8) is 0 Å². The topological polar surface area (TPSA) is 60.9 Å². The molecule has 1 rings (SSSR count). The molecule has 2 amide bonds. The van der Waals surface area contributed by atoms with Crippen LogP contribution in [0.2, 0.25) is 0 Å². The molecule has 104 valence electrons. The zero-order valence-corrected chi connectivity index (χ0v) is 11.7. The Bertz CT molecular complexity index is 309. The summed E-state index contributed by atoms with van der Waals surface area (Å²) >= 11 is 0. The fourth-order valence-corrected chi connectivity index (χ4v) is 2.25. The van der Waals surface area contributed by atoms with Crippen LogP contribution in [0.15, 0.2) is 0 Å². The van der Waals surface area contributed by atoms with Crippen LogP contribution in [-0.2, 0) is 4.79 Å². The Morgan fingerprint density at radius 3 is 2.22 bits per heavy atom. The zero-order valence-electron chi connectivity index (χ0n) is 11.7. The maximum Gasteiger partial charge on any atom is 0.323 e. The number of urea groups is 1. The van der Waals surface area contributed by atoms with Gasteiger partial charge in [0.2, 0.25) is 0 Å². The summed E-state index contributed by atoms with van der Waals surface area (Å²) in [7, 11) is 0. The molecule has 1 fully saturated rings. The van der Waals surface area contributed by atoms with Gasteiger partial charge in [-0.3, -0.25) is 4.79 Å². The van der Waals surface area contributed by atoms with Crippen molar-refractivity contribution in [1.29, 1.82) is 0 Å². The van der Waals surface area contributed by atoms with Crippen molar-refractivity contribution < 1.29 is 14.7 Å². The predicted molar refractivity (Wildman–Crippen MR) is 69.4 cm³/mol. The maximum atomic E-state index is 12.4. The van der Waals surface area contributed by atoms with Crippen LogP contribution in [0.25, 0.3) is 0 Å². The fourth-order valence-electron chi connectivity index (χ4n) is 2.25. The van der Waals surface area contributed by atoms with E-state index in [0.717, 1.165) is 19.5 Å². The molecule has 18 heavy (non-hydrogen) atoms. The second-order valence-corrected chi connectivity index (χ2v) is 5.42. The molecule has 0 radical (unpaired) electrons. The summed E-state index contributed by atoms with van der Waals surface area (Å²) in [6, 6.07) is -0.178. The molecule has 5 nitrogen and oxygen atoms in total. The summed E-state index contributed by atoms with van der Waals surface area (Å²) in [5, 5.41) is 8.91. The third-order valence-corrected chi connectivity index (χ3v) is 3.93.